The lowest BCUT2D eigenvalue weighted by molar-refractivity contribution is 0.259. The van der Waals surface area contributed by atoms with E-state index in [4.69, 9.17) is 27.0 Å². The molecule has 2 amide bonds. The Morgan fingerprint density at radius 3 is 2.68 bits per heavy atom. The van der Waals surface area contributed by atoms with E-state index < -0.39 is 6.03 Å². The largest absolute Gasteiger partial charge is 0.396 e. The summed E-state index contributed by atoms with van der Waals surface area (Å²) in [5, 5.41) is 15.8. The number of rotatable bonds is 5. The Morgan fingerprint density at radius 1 is 1.24 bits per heavy atom. The van der Waals surface area contributed by atoms with E-state index in [1.165, 1.54) is 0 Å². The maximum absolute atomic E-state index is 11.0. The molecule has 3 rings (SSSR count). The fraction of sp³-hybridized carbons (Fsp3) is 0.118. The van der Waals surface area contributed by atoms with Crippen LogP contribution in [0.3, 0.4) is 0 Å². The van der Waals surface area contributed by atoms with Gasteiger partial charge in [0.1, 0.15) is 0 Å². The number of primary amides is 1. The lowest BCUT2D eigenvalue weighted by Gasteiger charge is -2.04. The van der Waals surface area contributed by atoms with Crippen LogP contribution in [0.15, 0.2) is 47.0 Å². The number of aliphatic hydroxyl groups is 1. The molecule has 128 valence electrons. The quantitative estimate of drug-likeness (QED) is 0.648. The van der Waals surface area contributed by atoms with E-state index in [0.717, 1.165) is 11.1 Å². The Kier molecular flexibility index (Phi) is 4.97. The number of urea groups is 1. The van der Waals surface area contributed by atoms with Gasteiger partial charge in [-0.15, -0.1) is 0 Å². The van der Waals surface area contributed by atoms with Crippen molar-refractivity contribution in [3.05, 3.63) is 53.1 Å². The van der Waals surface area contributed by atoms with Crippen molar-refractivity contribution < 1.29 is 14.4 Å². The Labute approximate surface area is 148 Å². The molecule has 3 aromatic rings. The van der Waals surface area contributed by atoms with Crippen LogP contribution in [0.4, 0.5) is 10.5 Å². The van der Waals surface area contributed by atoms with E-state index in [-0.39, 0.29) is 12.5 Å². The lowest BCUT2D eigenvalue weighted by Crippen LogP contribution is -2.19. The number of nitrogens with one attached hydrogen (secondary N) is 1. The number of aliphatic hydroxyl groups excluding tert-OH is 1. The Hall–Kier alpha value is -2.90. The molecule has 0 spiro atoms. The zero-order valence-corrected chi connectivity index (χ0v) is 13.8. The molecule has 1 heterocycles. The SMILES string of the molecule is NC(=O)Nc1ccc(Cl)c(-c2nc(-c3ccc(CCO)cc3)no2)c1. The molecule has 0 fully saturated rings. The molecule has 25 heavy (non-hydrogen) atoms. The van der Waals surface area contributed by atoms with E-state index in [9.17, 15) is 4.79 Å². The minimum Gasteiger partial charge on any atom is -0.396 e. The van der Waals surface area contributed by atoms with Crippen LogP contribution in [-0.4, -0.2) is 27.9 Å². The van der Waals surface area contributed by atoms with Crippen LogP contribution in [0.5, 0.6) is 0 Å². The van der Waals surface area contributed by atoms with E-state index in [1.807, 2.05) is 24.3 Å². The van der Waals surface area contributed by atoms with Gasteiger partial charge in [-0.2, -0.15) is 4.98 Å². The summed E-state index contributed by atoms with van der Waals surface area (Å²) in [5.74, 6) is 0.641. The number of nitrogens with two attached hydrogens (primary N) is 1. The summed E-state index contributed by atoms with van der Waals surface area (Å²) >= 11 is 6.18. The number of aromatic nitrogens is 2. The molecular weight excluding hydrogens is 344 g/mol. The average Bonchev–Trinajstić information content (AvgIpc) is 3.07. The highest BCUT2D eigenvalue weighted by molar-refractivity contribution is 6.33. The third-order valence-corrected chi connectivity index (χ3v) is 3.83. The van der Waals surface area contributed by atoms with E-state index in [2.05, 4.69) is 15.5 Å². The molecule has 4 N–H and O–H groups in total. The minimum atomic E-state index is -0.678. The molecule has 2 aromatic carbocycles. The van der Waals surface area contributed by atoms with Crippen molar-refractivity contribution in [2.45, 2.75) is 6.42 Å². The standard InChI is InChI=1S/C17H15ClN4O3/c18-14-6-5-12(20-17(19)24)9-13(14)16-21-15(22-25-16)11-3-1-10(2-4-11)7-8-23/h1-6,9,23H,7-8H2,(H3,19,20,24). The van der Waals surface area contributed by atoms with Crippen LogP contribution in [0.2, 0.25) is 5.02 Å². The highest BCUT2D eigenvalue weighted by Gasteiger charge is 2.14. The van der Waals surface area contributed by atoms with Crippen LogP contribution >= 0.6 is 11.6 Å². The first kappa shape index (κ1) is 16.9. The van der Waals surface area contributed by atoms with Crippen molar-refractivity contribution >= 4 is 23.3 Å². The first-order chi connectivity index (χ1) is 12.1. The maximum atomic E-state index is 11.0. The smallest absolute Gasteiger partial charge is 0.316 e. The van der Waals surface area contributed by atoms with Crippen molar-refractivity contribution in [3.63, 3.8) is 0 Å². The molecule has 0 aliphatic rings. The molecule has 0 aliphatic heterocycles. The van der Waals surface area contributed by atoms with Crippen molar-refractivity contribution in [2.75, 3.05) is 11.9 Å². The Balaban J connectivity index is 1.89. The van der Waals surface area contributed by atoms with E-state index in [0.29, 0.717) is 28.5 Å². The topological polar surface area (TPSA) is 114 Å². The molecule has 0 atom stereocenters. The zero-order chi connectivity index (χ0) is 17.8. The number of hydrogen-bond donors (Lipinski definition) is 3. The van der Waals surface area contributed by atoms with Crippen LogP contribution in [0, 0.1) is 0 Å². The number of amides is 2. The summed E-state index contributed by atoms with van der Waals surface area (Å²) in [6.07, 6.45) is 0.590. The average molecular weight is 359 g/mol. The summed E-state index contributed by atoms with van der Waals surface area (Å²) in [5.41, 5.74) is 7.87. The van der Waals surface area contributed by atoms with Gasteiger partial charge in [0.2, 0.25) is 5.82 Å². The van der Waals surface area contributed by atoms with Gasteiger partial charge < -0.3 is 20.7 Å². The van der Waals surface area contributed by atoms with Gasteiger partial charge in [0.05, 0.1) is 10.6 Å². The molecule has 7 nitrogen and oxygen atoms in total. The van der Waals surface area contributed by atoms with Gasteiger partial charge in [-0.1, -0.05) is 41.0 Å². The van der Waals surface area contributed by atoms with Crippen LogP contribution < -0.4 is 11.1 Å². The monoisotopic (exact) mass is 358 g/mol. The highest BCUT2D eigenvalue weighted by atomic mass is 35.5. The van der Waals surface area contributed by atoms with E-state index >= 15 is 0 Å². The second-order valence-corrected chi connectivity index (χ2v) is 5.68. The molecule has 1 aromatic heterocycles. The van der Waals surface area contributed by atoms with E-state index in [1.54, 1.807) is 18.2 Å². The van der Waals surface area contributed by atoms with Gasteiger partial charge in [0.15, 0.2) is 0 Å². The molecule has 0 saturated heterocycles. The van der Waals surface area contributed by atoms with Crippen molar-refractivity contribution in [1.82, 2.24) is 10.1 Å². The molecule has 8 heteroatoms. The number of nitrogens with zero attached hydrogens (tertiary/aromatic N) is 2. The van der Waals surface area contributed by atoms with Gasteiger partial charge >= 0.3 is 6.03 Å². The third kappa shape index (κ3) is 3.96. The second kappa shape index (κ2) is 7.33. The first-order valence-electron chi connectivity index (χ1n) is 7.47. The van der Waals surface area contributed by atoms with Gasteiger partial charge in [0, 0.05) is 17.9 Å². The van der Waals surface area contributed by atoms with Crippen LogP contribution in [0.1, 0.15) is 5.56 Å². The number of anilines is 1. The fourth-order valence-corrected chi connectivity index (χ4v) is 2.51. The van der Waals surface area contributed by atoms with Gasteiger partial charge in [-0.05, 0) is 30.2 Å². The number of hydrogen-bond acceptors (Lipinski definition) is 5. The van der Waals surface area contributed by atoms with Crippen molar-refractivity contribution in [2.24, 2.45) is 5.73 Å². The molecule has 0 saturated carbocycles. The Morgan fingerprint density at radius 2 is 2.00 bits per heavy atom. The van der Waals surface area contributed by atoms with Crippen molar-refractivity contribution in [3.8, 4) is 22.8 Å². The van der Waals surface area contributed by atoms with Crippen LogP contribution in [0.25, 0.3) is 22.8 Å². The molecule has 0 bridgehead atoms. The predicted octanol–water partition coefficient (Wildman–Crippen LogP) is 3.08. The highest BCUT2D eigenvalue weighted by Crippen LogP contribution is 2.31. The lowest BCUT2D eigenvalue weighted by atomic mass is 10.1. The number of benzene rings is 2. The van der Waals surface area contributed by atoms with Gasteiger partial charge in [-0.3, -0.25) is 0 Å². The second-order valence-electron chi connectivity index (χ2n) is 5.28. The summed E-state index contributed by atoms with van der Waals surface area (Å²) in [6.45, 7) is 0.0971. The molecule has 0 radical (unpaired) electrons. The maximum Gasteiger partial charge on any atom is 0.316 e. The zero-order valence-electron chi connectivity index (χ0n) is 13.1. The summed E-state index contributed by atoms with van der Waals surface area (Å²) in [6, 6.07) is 11.6. The normalized spacial score (nSPS) is 10.6. The summed E-state index contributed by atoms with van der Waals surface area (Å²) in [4.78, 5) is 15.3. The summed E-state index contributed by atoms with van der Waals surface area (Å²) < 4.78 is 5.29. The number of carbonyl (C=O) groups is 1. The van der Waals surface area contributed by atoms with Crippen molar-refractivity contribution in [1.29, 1.82) is 0 Å². The molecule has 0 aliphatic carbocycles. The van der Waals surface area contributed by atoms with Gasteiger partial charge in [0.25, 0.3) is 5.89 Å². The van der Waals surface area contributed by atoms with Gasteiger partial charge in [-0.25, -0.2) is 4.79 Å². The predicted molar refractivity (Wildman–Crippen MR) is 94.2 cm³/mol. The van der Waals surface area contributed by atoms with Crippen LogP contribution in [-0.2, 0) is 6.42 Å². The third-order valence-electron chi connectivity index (χ3n) is 3.50. The molecular formula is C17H15ClN4O3. The number of carbonyl (C=O) groups excluding carboxylic acids is 1. The first-order valence-corrected chi connectivity index (χ1v) is 7.85. The Bertz CT molecular complexity index is 893. The molecule has 0 unspecified atom stereocenters. The number of halogens is 1. The summed E-state index contributed by atoms with van der Waals surface area (Å²) in [7, 11) is 0. The fourth-order valence-electron chi connectivity index (χ4n) is 2.31. The minimum absolute atomic E-state index is 0.0971.